The quantitative estimate of drug-likeness (QED) is 0.0352. The van der Waals surface area contributed by atoms with Crippen LogP contribution in [0.25, 0.3) is 11.8 Å². The number of amides is 1. The van der Waals surface area contributed by atoms with Crippen LogP contribution in [-0.4, -0.2) is 66.5 Å². The van der Waals surface area contributed by atoms with Crippen LogP contribution in [-0.2, 0) is 50.9 Å². The second kappa shape index (κ2) is 18.0. The van der Waals surface area contributed by atoms with Gasteiger partial charge in [0.2, 0.25) is 0 Å². The number of H-pyrrole nitrogens is 1. The molecule has 1 aliphatic rings. The van der Waals surface area contributed by atoms with Crippen LogP contribution in [0.4, 0.5) is 5.69 Å². The van der Waals surface area contributed by atoms with E-state index in [1.165, 1.54) is 42.5 Å². The van der Waals surface area contributed by atoms with Crippen molar-refractivity contribution in [3.63, 3.8) is 0 Å². The Morgan fingerprint density at radius 2 is 1.43 bits per heavy atom. The van der Waals surface area contributed by atoms with Gasteiger partial charge < -0.3 is 13.8 Å². The Morgan fingerprint density at radius 3 is 1.94 bits per heavy atom. The molecule has 0 aliphatic carbocycles. The van der Waals surface area contributed by atoms with Gasteiger partial charge in [0.05, 0.1) is 51.2 Å². The van der Waals surface area contributed by atoms with E-state index >= 15 is 0 Å². The van der Waals surface area contributed by atoms with Crippen LogP contribution in [0.3, 0.4) is 0 Å². The van der Waals surface area contributed by atoms with Crippen molar-refractivity contribution in [3.8, 4) is 5.69 Å². The standard InChI is InChI=1S/C27H26N4O12S2.2K/c1-3-41-27(34)24-22(26(33)31(29-24)18-10-14-20(15-11-18)45(38,39)40)7-5-6-21-23(16-43-42-4-2)28-30(25(21)32)17-8-12-19(13-9-17)44(35,36)37;;/h5-15,28H,3-4,16H2,1-2H3,(H,35,36,37)(H,38,39,40);;/q;2*+1/p-2/b6-5?,22-7-;;. The summed E-state index contributed by atoms with van der Waals surface area (Å²) in [5.41, 5.74) is -0.702. The number of hydrogen-bond donors (Lipinski definition) is 1. The third kappa shape index (κ3) is 10.3. The van der Waals surface area contributed by atoms with Crippen molar-refractivity contribution in [1.82, 2.24) is 9.78 Å². The molecule has 0 bridgehead atoms. The molecule has 1 aromatic heterocycles. The Hall–Kier alpha value is -1.45. The van der Waals surface area contributed by atoms with E-state index in [-0.39, 0.29) is 157 Å². The first-order valence-corrected chi connectivity index (χ1v) is 15.8. The molecule has 1 aliphatic heterocycles. The van der Waals surface area contributed by atoms with Gasteiger partial charge in [0.15, 0.2) is 5.71 Å². The number of anilines is 1. The first-order valence-electron chi connectivity index (χ1n) is 13.0. The summed E-state index contributed by atoms with van der Waals surface area (Å²) in [4.78, 5) is 48.2. The number of aromatic nitrogens is 2. The van der Waals surface area contributed by atoms with Gasteiger partial charge in [0.1, 0.15) is 26.8 Å². The number of hydrogen-bond acceptors (Lipinski definition) is 13. The molecule has 0 fully saturated rings. The fourth-order valence-electron chi connectivity index (χ4n) is 3.99. The number of benzene rings is 2. The summed E-state index contributed by atoms with van der Waals surface area (Å²) < 4.78 is 73.7. The molecular formula is C27H24K2N4O12S2. The van der Waals surface area contributed by atoms with Crippen molar-refractivity contribution in [2.45, 2.75) is 30.2 Å². The maximum atomic E-state index is 13.3. The molecule has 3 aromatic rings. The fraction of sp³-hybridized carbons (Fsp3) is 0.185. The molecule has 4 rings (SSSR count). The molecule has 238 valence electrons. The van der Waals surface area contributed by atoms with Gasteiger partial charge in [0, 0.05) is 0 Å². The summed E-state index contributed by atoms with van der Waals surface area (Å²) in [6.45, 7) is 3.18. The summed E-state index contributed by atoms with van der Waals surface area (Å²) in [7, 11) is -9.45. The van der Waals surface area contributed by atoms with Gasteiger partial charge in [-0.05, 0) is 74.5 Å². The average Bonchev–Trinajstić information content (AvgIpc) is 3.48. The van der Waals surface area contributed by atoms with Crippen molar-refractivity contribution in [3.05, 3.63) is 87.9 Å². The zero-order valence-electron chi connectivity index (χ0n) is 25.5. The minimum absolute atomic E-state index is 0. The largest absolute Gasteiger partial charge is 1.00 e. The van der Waals surface area contributed by atoms with E-state index in [9.17, 15) is 40.3 Å². The summed E-state index contributed by atoms with van der Waals surface area (Å²) in [5.74, 6) is -1.72. The number of esters is 1. The molecule has 0 radical (unpaired) electrons. The fourth-order valence-corrected chi connectivity index (χ4v) is 4.93. The van der Waals surface area contributed by atoms with Crippen molar-refractivity contribution >= 4 is 49.6 Å². The Balaban J connectivity index is 0.00000384. The number of nitrogens with one attached hydrogen (secondary N) is 1. The molecule has 1 amide bonds. The van der Waals surface area contributed by atoms with E-state index < -0.39 is 47.5 Å². The first kappa shape index (κ1) is 41.7. The molecule has 0 spiro atoms. The van der Waals surface area contributed by atoms with Gasteiger partial charge in [-0.25, -0.2) is 36.1 Å². The van der Waals surface area contributed by atoms with Crippen LogP contribution >= 0.6 is 0 Å². The molecule has 16 nitrogen and oxygen atoms in total. The van der Waals surface area contributed by atoms with E-state index in [0.29, 0.717) is 0 Å². The van der Waals surface area contributed by atoms with E-state index in [1.54, 1.807) is 13.8 Å². The number of allylic oxidation sites excluding steroid dienone is 2. The topological polar surface area (TPSA) is 230 Å². The smallest absolute Gasteiger partial charge is 0.744 e. The van der Waals surface area contributed by atoms with Crippen LogP contribution in [0.2, 0.25) is 0 Å². The molecule has 2 heterocycles. The van der Waals surface area contributed by atoms with E-state index in [1.807, 2.05) is 0 Å². The normalized spacial score (nSPS) is 14.2. The van der Waals surface area contributed by atoms with Crippen LogP contribution in [0.1, 0.15) is 25.1 Å². The van der Waals surface area contributed by atoms with Crippen LogP contribution in [0, 0.1) is 0 Å². The maximum absolute atomic E-state index is 13.3. The SMILES string of the molecule is CCOOCc1[nH]n(-c2ccc(S(=O)(=O)[O-])cc2)c(=O)c1C=C/C=C1\C(=O)N(c2ccc(S(=O)(=O)[O-])cc2)N=C1C(=O)OCC.[K+].[K+]. The predicted molar refractivity (Wildman–Crippen MR) is 154 cm³/mol. The Morgan fingerprint density at radius 1 is 0.872 bits per heavy atom. The van der Waals surface area contributed by atoms with E-state index in [0.717, 1.165) is 34.0 Å². The van der Waals surface area contributed by atoms with Crippen molar-refractivity contribution < 1.29 is 153 Å². The number of hydrazone groups is 1. The molecule has 2 aromatic carbocycles. The molecule has 1 N–H and O–H groups in total. The Labute approximate surface area is 354 Å². The third-order valence-electron chi connectivity index (χ3n) is 6.04. The summed E-state index contributed by atoms with van der Waals surface area (Å²) in [6, 6.07) is 8.89. The number of nitrogens with zero attached hydrogens (tertiary/aromatic N) is 3. The zero-order valence-corrected chi connectivity index (χ0v) is 33.4. The maximum Gasteiger partial charge on any atom is 1.00 e. The number of aromatic amines is 1. The van der Waals surface area contributed by atoms with Crippen LogP contribution in [0.5, 0.6) is 0 Å². The van der Waals surface area contributed by atoms with Crippen molar-refractivity contribution in [1.29, 1.82) is 0 Å². The minimum atomic E-state index is -4.74. The number of carbonyl (C=O) groups excluding carboxylic acids is 2. The molecule has 47 heavy (non-hydrogen) atoms. The monoisotopic (exact) mass is 738 g/mol. The molecule has 20 heteroatoms. The zero-order chi connectivity index (χ0) is 32.9. The Bertz CT molecular complexity index is 1990. The first-order chi connectivity index (χ1) is 21.3. The number of carbonyl (C=O) groups is 2. The number of rotatable bonds is 12. The average molecular weight is 739 g/mol. The van der Waals surface area contributed by atoms with Gasteiger partial charge in [-0.2, -0.15) is 10.1 Å². The van der Waals surface area contributed by atoms with Gasteiger partial charge in [0.25, 0.3) is 11.5 Å². The van der Waals surface area contributed by atoms with Crippen LogP contribution < -0.4 is 113 Å². The van der Waals surface area contributed by atoms with E-state index in [2.05, 4.69) is 10.2 Å². The molecular weight excluding hydrogens is 715 g/mol. The van der Waals surface area contributed by atoms with Gasteiger partial charge in [-0.3, -0.25) is 14.7 Å². The van der Waals surface area contributed by atoms with Gasteiger partial charge in [-0.15, -0.1) is 0 Å². The molecule has 0 saturated heterocycles. The molecule has 0 unspecified atom stereocenters. The minimum Gasteiger partial charge on any atom is -0.744 e. The Kier molecular flexibility index (Phi) is 16.0. The number of ether oxygens (including phenoxy) is 1. The molecule has 0 atom stereocenters. The summed E-state index contributed by atoms with van der Waals surface area (Å²) in [5, 5.41) is 7.68. The van der Waals surface area contributed by atoms with Crippen molar-refractivity contribution in [2.24, 2.45) is 5.10 Å². The van der Waals surface area contributed by atoms with E-state index in [4.69, 9.17) is 14.5 Å². The third-order valence-corrected chi connectivity index (χ3v) is 7.73. The second-order valence-corrected chi connectivity index (χ2v) is 11.7. The predicted octanol–water partition coefficient (Wildman–Crippen LogP) is -4.64. The molecule has 0 saturated carbocycles. The van der Waals surface area contributed by atoms with Crippen LogP contribution in [0.15, 0.2) is 85.9 Å². The van der Waals surface area contributed by atoms with Crippen molar-refractivity contribution in [2.75, 3.05) is 18.2 Å². The second-order valence-electron chi connectivity index (χ2n) is 8.93. The summed E-state index contributed by atoms with van der Waals surface area (Å²) >= 11 is 0. The van der Waals surface area contributed by atoms with Gasteiger partial charge >= 0.3 is 109 Å². The summed E-state index contributed by atoms with van der Waals surface area (Å²) in [6.07, 6.45) is 3.83. The van der Waals surface area contributed by atoms with Gasteiger partial charge in [-0.1, -0.05) is 6.08 Å².